The van der Waals surface area contributed by atoms with Gasteiger partial charge >= 0.3 is 0 Å². The van der Waals surface area contributed by atoms with E-state index in [-0.39, 0.29) is 6.10 Å². The zero-order valence-electron chi connectivity index (χ0n) is 22.0. The molecule has 2 heteroatoms. The fourth-order valence-electron chi connectivity index (χ4n) is 4.13. The zero-order valence-corrected chi connectivity index (χ0v) is 22.0. The summed E-state index contributed by atoms with van der Waals surface area (Å²) in [6, 6.07) is 9.31. The van der Waals surface area contributed by atoms with Crippen molar-refractivity contribution in [2.45, 2.75) is 130 Å². The van der Waals surface area contributed by atoms with Gasteiger partial charge in [0.1, 0.15) is 0 Å². The van der Waals surface area contributed by atoms with Crippen LogP contribution in [0.15, 0.2) is 24.3 Å². The third kappa shape index (κ3) is 16.7. The fourth-order valence-corrected chi connectivity index (χ4v) is 4.13. The molecule has 32 heavy (non-hydrogen) atoms. The highest BCUT2D eigenvalue weighted by Crippen LogP contribution is 2.15. The average molecular weight is 447 g/mol. The Balaban J connectivity index is 2.04. The summed E-state index contributed by atoms with van der Waals surface area (Å²) in [4.78, 5) is 0. The number of rotatable bonds is 22. The Hall–Kier alpha value is -0.860. The van der Waals surface area contributed by atoms with Gasteiger partial charge in [0, 0.05) is 13.2 Å². The van der Waals surface area contributed by atoms with E-state index in [0.717, 1.165) is 45.0 Å². The van der Waals surface area contributed by atoms with Crippen molar-refractivity contribution >= 4 is 0 Å². The van der Waals surface area contributed by atoms with Crippen LogP contribution in [0, 0.1) is 5.92 Å². The van der Waals surface area contributed by atoms with Crippen LogP contribution >= 0.6 is 0 Å². The fraction of sp³-hybridized carbons (Fsp3) is 0.800. The SMILES string of the molecule is CCCCOC(CC)COCCCCCc1cccc(CCCCCCCCC(C)C)c1. The van der Waals surface area contributed by atoms with Gasteiger partial charge in [-0.3, -0.25) is 0 Å². The quantitative estimate of drug-likeness (QED) is 0.165. The summed E-state index contributed by atoms with van der Waals surface area (Å²) in [7, 11) is 0. The minimum Gasteiger partial charge on any atom is -0.379 e. The van der Waals surface area contributed by atoms with Crippen LogP contribution in [0.1, 0.15) is 122 Å². The van der Waals surface area contributed by atoms with Crippen molar-refractivity contribution in [2.24, 2.45) is 5.92 Å². The van der Waals surface area contributed by atoms with Gasteiger partial charge in [-0.2, -0.15) is 0 Å². The monoisotopic (exact) mass is 446 g/mol. The largest absolute Gasteiger partial charge is 0.379 e. The first-order chi connectivity index (χ1) is 15.7. The van der Waals surface area contributed by atoms with Crippen LogP contribution in [0.3, 0.4) is 0 Å². The summed E-state index contributed by atoms with van der Waals surface area (Å²) >= 11 is 0. The third-order valence-corrected chi connectivity index (χ3v) is 6.35. The standard InChI is InChI=1S/C30H54O2/c1-5-7-24-32-30(6-2)26-31-23-16-12-15-20-29-22-17-21-28(25-29)19-14-11-9-8-10-13-18-27(3)4/h17,21-22,25,27,30H,5-16,18-20,23-24,26H2,1-4H3. The molecule has 1 aromatic carbocycles. The second-order valence-corrected chi connectivity index (χ2v) is 10.0. The van der Waals surface area contributed by atoms with Gasteiger partial charge in [-0.25, -0.2) is 0 Å². The van der Waals surface area contributed by atoms with Crippen molar-refractivity contribution in [1.82, 2.24) is 0 Å². The molecule has 0 aliphatic rings. The first-order valence-corrected chi connectivity index (χ1v) is 13.9. The first kappa shape index (κ1) is 29.2. The van der Waals surface area contributed by atoms with Gasteiger partial charge in [0.15, 0.2) is 0 Å². The lowest BCUT2D eigenvalue weighted by Gasteiger charge is -2.16. The number of benzene rings is 1. The van der Waals surface area contributed by atoms with E-state index >= 15 is 0 Å². The van der Waals surface area contributed by atoms with Gasteiger partial charge in [-0.05, 0) is 62.0 Å². The lowest BCUT2D eigenvalue weighted by Crippen LogP contribution is -2.20. The minimum absolute atomic E-state index is 0.272. The Morgan fingerprint density at radius 3 is 1.97 bits per heavy atom. The topological polar surface area (TPSA) is 18.5 Å². The van der Waals surface area contributed by atoms with Crippen LogP contribution < -0.4 is 0 Å². The molecule has 0 saturated carbocycles. The van der Waals surface area contributed by atoms with E-state index in [1.807, 2.05) is 0 Å². The average Bonchev–Trinajstić information content (AvgIpc) is 2.79. The molecule has 0 aliphatic heterocycles. The van der Waals surface area contributed by atoms with Gasteiger partial charge in [0.2, 0.25) is 0 Å². The molecule has 0 saturated heterocycles. The normalized spacial score (nSPS) is 12.5. The molecule has 0 radical (unpaired) electrons. The lowest BCUT2D eigenvalue weighted by atomic mass is 10.00. The Kier molecular flexibility index (Phi) is 18.9. The van der Waals surface area contributed by atoms with Gasteiger partial charge in [0.05, 0.1) is 12.7 Å². The molecule has 0 N–H and O–H groups in total. The van der Waals surface area contributed by atoms with Crippen LogP contribution in [-0.2, 0) is 22.3 Å². The van der Waals surface area contributed by atoms with Crippen molar-refractivity contribution in [3.63, 3.8) is 0 Å². The molecule has 2 nitrogen and oxygen atoms in total. The summed E-state index contributed by atoms with van der Waals surface area (Å²) < 4.78 is 11.7. The Morgan fingerprint density at radius 1 is 0.719 bits per heavy atom. The van der Waals surface area contributed by atoms with E-state index in [1.165, 1.54) is 88.2 Å². The molecule has 0 heterocycles. The summed E-state index contributed by atoms with van der Waals surface area (Å²) in [6.45, 7) is 11.5. The predicted octanol–water partition coefficient (Wildman–Crippen LogP) is 8.94. The Morgan fingerprint density at radius 2 is 1.34 bits per heavy atom. The number of hydrogen-bond donors (Lipinski definition) is 0. The highest BCUT2D eigenvalue weighted by molar-refractivity contribution is 5.23. The van der Waals surface area contributed by atoms with E-state index in [9.17, 15) is 0 Å². The summed E-state index contributed by atoms with van der Waals surface area (Å²) in [5.41, 5.74) is 3.03. The van der Waals surface area contributed by atoms with Crippen LogP contribution in [0.2, 0.25) is 0 Å². The van der Waals surface area contributed by atoms with Crippen molar-refractivity contribution < 1.29 is 9.47 Å². The Labute approximate surface area is 200 Å². The molecule has 0 fully saturated rings. The molecule has 0 spiro atoms. The maximum Gasteiger partial charge on any atom is 0.0805 e. The maximum absolute atomic E-state index is 5.87. The molecular formula is C30H54O2. The minimum atomic E-state index is 0.272. The second kappa shape index (κ2) is 20.7. The number of aryl methyl sites for hydroxylation is 2. The molecule has 0 aromatic heterocycles. The first-order valence-electron chi connectivity index (χ1n) is 13.9. The highest BCUT2D eigenvalue weighted by Gasteiger charge is 2.06. The molecular weight excluding hydrogens is 392 g/mol. The molecule has 0 amide bonds. The van der Waals surface area contributed by atoms with E-state index < -0.39 is 0 Å². The highest BCUT2D eigenvalue weighted by atomic mass is 16.5. The lowest BCUT2D eigenvalue weighted by molar-refractivity contribution is -0.0196. The number of ether oxygens (including phenoxy) is 2. The maximum atomic E-state index is 5.87. The predicted molar refractivity (Wildman–Crippen MR) is 141 cm³/mol. The zero-order chi connectivity index (χ0) is 23.3. The van der Waals surface area contributed by atoms with Crippen molar-refractivity contribution in [3.05, 3.63) is 35.4 Å². The van der Waals surface area contributed by atoms with Crippen molar-refractivity contribution in [3.8, 4) is 0 Å². The van der Waals surface area contributed by atoms with E-state index in [4.69, 9.17) is 9.47 Å². The van der Waals surface area contributed by atoms with Gasteiger partial charge in [-0.1, -0.05) is 103 Å². The van der Waals surface area contributed by atoms with E-state index in [2.05, 4.69) is 52.0 Å². The van der Waals surface area contributed by atoms with Crippen molar-refractivity contribution in [2.75, 3.05) is 19.8 Å². The molecule has 1 unspecified atom stereocenters. The van der Waals surface area contributed by atoms with Gasteiger partial charge in [0.25, 0.3) is 0 Å². The van der Waals surface area contributed by atoms with Crippen LogP contribution in [0.5, 0.6) is 0 Å². The molecule has 186 valence electrons. The third-order valence-electron chi connectivity index (χ3n) is 6.35. The Bertz CT molecular complexity index is 525. The van der Waals surface area contributed by atoms with Gasteiger partial charge < -0.3 is 9.47 Å². The second-order valence-electron chi connectivity index (χ2n) is 10.0. The number of hydrogen-bond acceptors (Lipinski definition) is 2. The molecule has 1 rings (SSSR count). The van der Waals surface area contributed by atoms with Crippen molar-refractivity contribution in [1.29, 1.82) is 0 Å². The van der Waals surface area contributed by atoms with Gasteiger partial charge in [-0.15, -0.1) is 0 Å². The van der Waals surface area contributed by atoms with Crippen LogP contribution in [0.4, 0.5) is 0 Å². The summed E-state index contributed by atoms with van der Waals surface area (Å²) in [5.74, 6) is 0.865. The van der Waals surface area contributed by atoms with E-state index in [0.29, 0.717) is 0 Å². The van der Waals surface area contributed by atoms with Crippen LogP contribution in [-0.4, -0.2) is 25.9 Å². The number of unbranched alkanes of at least 4 members (excludes halogenated alkanes) is 8. The summed E-state index contributed by atoms with van der Waals surface area (Å²) in [5, 5.41) is 0. The van der Waals surface area contributed by atoms with Crippen LogP contribution in [0.25, 0.3) is 0 Å². The molecule has 1 aromatic rings. The summed E-state index contributed by atoms with van der Waals surface area (Å²) in [6.07, 6.45) is 19.5. The van der Waals surface area contributed by atoms with E-state index in [1.54, 1.807) is 0 Å². The molecule has 0 aliphatic carbocycles. The molecule has 1 atom stereocenters. The smallest absolute Gasteiger partial charge is 0.0805 e. The molecule has 0 bridgehead atoms.